The monoisotopic (exact) mass is 204 g/mol. The quantitative estimate of drug-likeness (QED) is 0.474. The summed E-state index contributed by atoms with van der Waals surface area (Å²) >= 11 is 4.06. The van der Waals surface area contributed by atoms with Crippen LogP contribution in [0.1, 0.15) is 19.3 Å². The third-order valence-corrected chi connectivity index (χ3v) is 1.98. The van der Waals surface area contributed by atoms with Crippen molar-refractivity contribution in [3.8, 4) is 0 Å². The number of hydrogen-bond donors (Lipinski definition) is 2. The van der Waals surface area contributed by atoms with Crippen LogP contribution >= 0.6 is 12.6 Å². The van der Waals surface area contributed by atoms with Crippen molar-refractivity contribution in [2.24, 2.45) is 0 Å². The van der Waals surface area contributed by atoms with Gasteiger partial charge >= 0.3 is 0 Å². The summed E-state index contributed by atoms with van der Waals surface area (Å²) in [6.45, 7) is 1.73. The third-order valence-electron chi connectivity index (χ3n) is 1.67. The Bertz CT molecular complexity index is 140. The second-order valence-electron chi connectivity index (χ2n) is 3.33. The number of carbonyl (C=O) groups excluding carboxylic acids is 1. The lowest BCUT2D eigenvalue weighted by Gasteiger charge is -2.08. The second-order valence-corrected chi connectivity index (χ2v) is 3.78. The molecule has 0 unspecified atom stereocenters. The topological polar surface area (TPSA) is 32.3 Å². The number of thiol groups is 1. The predicted molar refractivity (Wildman–Crippen MR) is 59.3 cm³/mol. The minimum absolute atomic E-state index is 0.156. The van der Waals surface area contributed by atoms with Crippen LogP contribution in [-0.4, -0.2) is 43.7 Å². The van der Waals surface area contributed by atoms with Crippen LogP contribution < -0.4 is 5.32 Å². The summed E-state index contributed by atoms with van der Waals surface area (Å²) in [6, 6.07) is 0. The van der Waals surface area contributed by atoms with Gasteiger partial charge in [-0.15, -0.1) is 0 Å². The van der Waals surface area contributed by atoms with Gasteiger partial charge in [0.05, 0.1) is 0 Å². The Balaban J connectivity index is 3.20. The Kier molecular flexibility index (Phi) is 8.24. The van der Waals surface area contributed by atoms with Crippen LogP contribution in [0.5, 0.6) is 0 Å². The maximum Gasteiger partial charge on any atom is 0.220 e. The Morgan fingerprint density at radius 1 is 1.38 bits per heavy atom. The molecule has 0 saturated heterocycles. The molecule has 0 radical (unpaired) electrons. The number of carbonyl (C=O) groups is 1. The van der Waals surface area contributed by atoms with Crippen LogP contribution in [0, 0.1) is 0 Å². The molecule has 1 N–H and O–H groups in total. The van der Waals surface area contributed by atoms with E-state index >= 15 is 0 Å². The van der Waals surface area contributed by atoms with E-state index in [4.69, 9.17) is 0 Å². The molecule has 0 heterocycles. The van der Waals surface area contributed by atoms with Gasteiger partial charge in [0, 0.05) is 13.0 Å². The van der Waals surface area contributed by atoms with E-state index in [-0.39, 0.29) is 5.91 Å². The van der Waals surface area contributed by atoms with Gasteiger partial charge in [-0.25, -0.2) is 0 Å². The summed E-state index contributed by atoms with van der Waals surface area (Å²) in [6.07, 6.45) is 2.51. The highest BCUT2D eigenvalue weighted by Crippen LogP contribution is 1.91. The molecule has 0 aromatic rings. The lowest BCUT2D eigenvalue weighted by molar-refractivity contribution is -0.121. The fraction of sp³-hybridized carbons (Fsp3) is 0.889. The van der Waals surface area contributed by atoms with Gasteiger partial charge in [0.25, 0.3) is 0 Å². The summed E-state index contributed by atoms with van der Waals surface area (Å²) in [5, 5.41) is 2.85. The molecule has 0 fully saturated rings. The Hall–Kier alpha value is -0.220. The van der Waals surface area contributed by atoms with Gasteiger partial charge in [0.2, 0.25) is 5.91 Å². The van der Waals surface area contributed by atoms with Crippen molar-refractivity contribution < 1.29 is 4.79 Å². The molecular formula is C9H20N2OS. The molecule has 0 aliphatic rings. The van der Waals surface area contributed by atoms with Gasteiger partial charge in [-0.2, -0.15) is 12.6 Å². The van der Waals surface area contributed by atoms with Gasteiger partial charge in [-0.05, 0) is 39.2 Å². The van der Waals surface area contributed by atoms with Crippen LogP contribution in [-0.2, 0) is 4.79 Å². The first-order valence-corrected chi connectivity index (χ1v) is 5.32. The van der Waals surface area contributed by atoms with Crippen LogP contribution in [0.3, 0.4) is 0 Å². The predicted octanol–water partition coefficient (Wildman–Crippen LogP) is 0.764. The fourth-order valence-corrected chi connectivity index (χ4v) is 1.11. The molecule has 4 heteroatoms. The molecule has 0 rings (SSSR count). The maximum absolute atomic E-state index is 11.1. The van der Waals surface area contributed by atoms with Crippen LogP contribution in [0.2, 0.25) is 0 Å². The lowest BCUT2D eigenvalue weighted by atomic mass is 10.3. The van der Waals surface area contributed by atoms with E-state index in [2.05, 4.69) is 22.8 Å². The molecule has 13 heavy (non-hydrogen) atoms. The molecule has 3 nitrogen and oxygen atoms in total. The van der Waals surface area contributed by atoms with Gasteiger partial charge < -0.3 is 10.2 Å². The molecule has 78 valence electrons. The van der Waals surface area contributed by atoms with E-state index in [1.807, 2.05) is 14.1 Å². The maximum atomic E-state index is 11.1. The average Bonchev–Trinajstić information content (AvgIpc) is 2.04. The third kappa shape index (κ3) is 9.70. The first kappa shape index (κ1) is 12.8. The first-order valence-electron chi connectivity index (χ1n) is 4.69. The zero-order valence-corrected chi connectivity index (χ0v) is 9.44. The van der Waals surface area contributed by atoms with Crippen molar-refractivity contribution >= 4 is 18.5 Å². The molecule has 0 aliphatic heterocycles. The van der Waals surface area contributed by atoms with Gasteiger partial charge in [-0.3, -0.25) is 4.79 Å². The molecule has 0 spiro atoms. The minimum atomic E-state index is 0.156. The van der Waals surface area contributed by atoms with Crippen molar-refractivity contribution in [3.05, 3.63) is 0 Å². The van der Waals surface area contributed by atoms with Crippen molar-refractivity contribution in [3.63, 3.8) is 0 Å². The number of rotatable bonds is 7. The summed E-state index contributed by atoms with van der Waals surface area (Å²) in [4.78, 5) is 13.2. The van der Waals surface area contributed by atoms with E-state index in [9.17, 15) is 4.79 Å². The lowest BCUT2D eigenvalue weighted by Crippen LogP contribution is -2.25. The summed E-state index contributed by atoms with van der Waals surface area (Å²) in [5.41, 5.74) is 0. The number of nitrogens with zero attached hydrogens (tertiary/aromatic N) is 1. The molecule has 0 saturated carbocycles. The molecule has 1 amide bonds. The number of nitrogens with one attached hydrogen (secondary N) is 1. The Morgan fingerprint density at radius 3 is 2.62 bits per heavy atom. The van der Waals surface area contributed by atoms with E-state index in [0.29, 0.717) is 6.42 Å². The van der Waals surface area contributed by atoms with Gasteiger partial charge in [-0.1, -0.05) is 0 Å². The number of hydrogen-bond acceptors (Lipinski definition) is 3. The molecule has 0 aromatic carbocycles. The molecule has 0 aliphatic carbocycles. The second kappa shape index (κ2) is 8.38. The van der Waals surface area contributed by atoms with E-state index in [1.165, 1.54) is 0 Å². The smallest absolute Gasteiger partial charge is 0.220 e. The molecular weight excluding hydrogens is 184 g/mol. The van der Waals surface area contributed by atoms with Gasteiger partial charge in [0.1, 0.15) is 0 Å². The Labute approximate surface area is 86.3 Å². The normalized spacial score (nSPS) is 10.5. The van der Waals surface area contributed by atoms with E-state index in [0.717, 1.165) is 31.7 Å². The van der Waals surface area contributed by atoms with E-state index in [1.54, 1.807) is 0 Å². The van der Waals surface area contributed by atoms with Crippen molar-refractivity contribution in [1.82, 2.24) is 10.2 Å². The molecule has 0 aromatic heterocycles. The highest BCUT2D eigenvalue weighted by molar-refractivity contribution is 7.80. The van der Waals surface area contributed by atoms with Crippen LogP contribution in [0.15, 0.2) is 0 Å². The highest BCUT2D eigenvalue weighted by Gasteiger charge is 1.99. The largest absolute Gasteiger partial charge is 0.356 e. The van der Waals surface area contributed by atoms with Gasteiger partial charge in [0.15, 0.2) is 0 Å². The van der Waals surface area contributed by atoms with Crippen molar-refractivity contribution in [2.75, 3.05) is 32.9 Å². The van der Waals surface area contributed by atoms with Crippen LogP contribution in [0.4, 0.5) is 0 Å². The van der Waals surface area contributed by atoms with Crippen molar-refractivity contribution in [1.29, 1.82) is 0 Å². The van der Waals surface area contributed by atoms with Crippen molar-refractivity contribution in [2.45, 2.75) is 19.3 Å². The average molecular weight is 204 g/mol. The number of amides is 1. The standard InChI is InChI=1S/C9H20N2OS/c1-11(2)7-3-5-9(12)10-6-4-8-13/h13H,3-8H2,1-2H3,(H,10,12). The first-order chi connectivity index (χ1) is 6.16. The zero-order valence-electron chi connectivity index (χ0n) is 8.55. The summed E-state index contributed by atoms with van der Waals surface area (Å²) in [5.74, 6) is 0.987. The summed E-state index contributed by atoms with van der Waals surface area (Å²) < 4.78 is 0. The molecule has 0 bridgehead atoms. The molecule has 0 atom stereocenters. The fourth-order valence-electron chi connectivity index (χ4n) is 0.951. The summed E-state index contributed by atoms with van der Waals surface area (Å²) in [7, 11) is 4.03. The Morgan fingerprint density at radius 2 is 2.08 bits per heavy atom. The highest BCUT2D eigenvalue weighted by atomic mass is 32.1. The van der Waals surface area contributed by atoms with E-state index < -0.39 is 0 Å². The minimum Gasteiger partial charge on any atom is -0.356 e. The SMILES string of the molecule is CN(C)CCCC(=O)NCCCS. The zero-order chi connectivity index (χ0) is 10.1. The van der Waals surface area contributed by atoms with Crippen LogP contribution in [0.25, 0.3) is 0 Å².